The number of carbonyl (C=O) groups is 1. The molecule has 1 N–H and O–H groups in total. The van der Waals surface area contributed by atoms with Crippen LogP contribution in [0.4, 0.5) is 5.13 Å². The fourth-order valence-electron chi connectivity index (χ4n) is 2.33. The number of aromatic nitrogens is 2. The maximum Gasteiger partial charge on any atom is 0.226 e. The Kier molecular flexibility index (Phi) is 7.05. The molecule has 0 aliphatic heterocycles. The molecule has 2 aromatic rings. The number of carbonyl (C=O) groups excluding carboxylic acids is 1. The highest BCUT2D eigenvalue weighted by Crippen LogP contribution is 2.24. The van der Waals surface area contributed by atoms with Crippen molar-refractivity contribution in [3.63, 3.8) is 0 Å². The van der Waals surface area contributed by atoms with Gasteiger partial charge in [0.15, 0.2) is 4.34 Å². The van der Waals surface area contributed by atoms with Gasteiger partial charge in [0.25, 0.3) is 0 Å². The molecule has 0 bridgehead atoms. The summed E-state index contributed by atoms with van der Waals surface area (Å²) in [7, 11) is 0. The van der Waals surface area contributed by atoms with Gasteiger partial charge in [-0.2, -0.15) is 0 Å². The molecule has 0 fully saturated rings. The molecular formula is C17H23N3O2S2. The van der Waals surface area contributed by atoms with Crippen LogP contribution in [0.1, 0.15) is 43.7 Å². The number of hydrogen-bond acceptors (Lipinski definition) is 6. The van der Waals surface area contributed by atoms with E-state index in [9.17, 15) is 4.79 Å². The Morgan fingerprint density at radius 3 is 2.79 bits per heavy atom. The third-order valence-electron chi connectivity index (χ3n) is 3.51. The van der Waals surface area contributed by atoms with E-state index in [1.165, 1.54) is 34.2 Å². The summed E-state index contributed by atoms with van der Waals surface area (Å²) < 4.78 is 6.58. The first kappa shape index (κ1) is 18.7. The average molecular weight is 366 g/mol. The second-order valence-corrected chi connectivity index (χ2v) is 7.78. The van der Waals surface area contributed by atoms with E-state index in [2.05, 4.69) is 48.4 Å². The molecule has 0 saturated carbocycles. The average Bonchev–Trinajstić information content (AvgIpc) is 2.99. The molecule has 1 amide bonds. The van der Waals surface area contributed by atoms with Crippen molar-refractivity contribution in [2.24, 2.45) is 0 Å². The summed E-state index contributed by atoms with van der Waals surface area (Å²) in [6.07, 6.45) is 2.99. The molecule has 1 heterocycles. The first-order chi connectivity index (χ1) is 11.5. The monoisotopic (exact) mass is 365 g/mol. The van der Waals surface area contributed by atoms with Gasteiger partial charge in [0.1, 0.15) is 5.75 Å². The van der Waals surface area contributed by atoms with E-state index in [0.717, 1.165) is 10.1 Å². The third-order valence-corrected chi connectivity index (χ3v) is 5.32. The highest BCUT2D eigenvalue weighted by Gasteiger charge is 2.08. The lowest BCUT2D eigenvalue weighted by Gasteiger charge is -2.12. The number of ether oxygens (including phenoxy) is 1. The molecule has 0 radical (unpaired) electrons. The Balaban J connectivity index is 1.72. The SMILES string of the molecule is CSc1nnc(NC(=O)CCCOc2ccc(C(C)C)c(C)c2)s1. The summed E-state index contributed by atoms with van der Waals surface area (Å²) >= 11 is 2.89. The number of anilines is 1. The topological polar surface area (TPSA) is 64.1 Å². The number of nitrogens with one attached hydrogen (secondary N) is 1. The minimum absolute atomic E-state index is 0.0614. The predicted molar refractivity (Wildman–Crippen MR) is 100 cm³/mol. The molecule has 0 saturated heterocycles. The Hall–Kier alpha value is -1.60. The van der Waals surface area contributed by atoms with Crippen LogP contribution in [-0.2, 0) is 4.79 Å². The van der Waals surface area contributed by atoms with E-state index < -0.39 is 0 Å². The molecule has 0 spiro atoms. The van der Waals surface area contributed by atoms with E-state index in [-0.39, 0.29) is 5.91 Å². The van der Waals surface area contributed by atoms with Gasteiger partial charge in [-0.05, 0) is 48.8 Å². The van der Waals surface area contributed by atoms with Crippen LogP contribution in [-0.4, -0.2) is 29.0 Å². The van der Waals surface area contributed by atoms with Crippen LogP contribution in [0.3, 0.4) is 0 Å². The summed E-state index contributed by atoms with van der Waals surface area (Å²) in [5, 5.41) is 11.2. The van der Waals surface area contributed by atoms with E-state index in [0.29, 0.717) is 30.5 Å². The quantitative estimate of drug-likeness (QED) is 0.424. The Bertz CT molecular complexity index is 686. The van der Waals surface area contributed by atoms with E-state index in [4.69, 9.17) is 4.74 Å². The Labute approximate surface area is 151 Å². The Morgan fingerprint density at radius 2 is 2.17 bits per heavy atom. The van der Waals surface area contributed by atoms with Crippen LogP contribution < -0.4 is 10.1 Å². The van der Waals surface area contributed by atoms with Crippen LogP contribution in [0.25, 0.3) is 0 Å². The minimum Gasteiger partial charge on any atom is -0.494 e. The highest BCUT2D eigenvalue weighted by molar-refractivity contribution is 8.00. The van der Waals surface area contributed by atoms with Crippen LogP contribution in [0, 0.1) is 6.92 Å². The fraction of sp³-hybridized carbons (Fsp3) is 0.471. The predicted octanol–water partition coefficient (Wildman–Crippen LogP) is 4.49. The first-order valence-electron chi connectivity index (χ1n) is 7.90. The number of thioether (sulfide) groups is 1. The second-order valence-electron chi connectivity index (χ2n) is 5.75. The molecule has 24 heavy (non-hydrogen) atoms. The molecule has 2 rings (SSSR count). The van der Waals surface area contributed by atoms with Gasteiger partial charge in [-0.25, -0.2) is 0 Å². The summed E-state index contributed by atoms with van der Waals surface area (Å²) in [5.74, 6) is 1.30. The van der Waals surface area contributed by atoms with E-state index >= 15 is 0 Å². The number of hydrogen-bond donors (Lipinski definition) is 1. The zero-order valence-corrected chi connectivity index (χ0v) is 16.1. The number of amides is 1. The van der Waals surface area contributed by atoms with Gasteiger partial charge in [0.05, 0.1) is 6.61 Å². The smallest absolute Gasteiger partial charge is 0.226 e. The maximum atomic E-state index is 11.9. The first-order valence-corrected chi connectivity index (χ1v) is 9.94. The molecule has 5 nitrogen and oxygen atoms in total. The van der Waals surface area contributed by atoms with Crippen LogP contribution in [0.5, 0.6) is 5.75 Å². The summed E-state index contributed by atoms with van der Waals surface area (Å²) in [6.45, 7) is 6.98. The van der Waals surface area contributed by atoms with Crippen molar-refractivity contribution in [1.29, 1.82) is 0 Å². The highest BCUT2D eigenvalue weighted by atomic mass is 32.2. The maximum absolute atomic E-state index is 11.9. The van der Waals surface area contributed by atoms with Crippen LogP contribution in [0.15, 0.2) is 22.5 Å². The summed E-state index contributed by atoms with van der Waals surface area (Å²) in [5.41, 5.74) is 2.57. The van der Waals surface area contributed by atoms with E-state index in [1.54, 1.807) is 0 Å². The van der Waals surface area contributed by atoms with Crippen molar-refractivity contribution >= 4 is 34.1 Å². The number of aryl methyl sites for hydroxylation is 1. The Morgan fingerprint density at radius 1 is 1.38 bits per heavy atom. The molecule has 0 aliphatic rings. The third kappa shape index (κ3) is 5.49. The second kappa shape index (κ2) is 9.03. The van der Waals surface area contributed by atoms with Crippen LogP contribution >= 0.6 is 23.1 Å². The lowest BCUT2D eigenvalue weighted by molar-refractivity contribution is -0.116. The zero-order chi connectivity index (χ0) is 17.5. The standard InChI is InChI=1S/C17H23N3O2S2/c1-11(2)14-8-7-13(10-12(14)3)22-9-5-6-15(21)18-16-19-20-17(23-4)24-16/h7-8,10-11H,5-6,9H2,1-4H3,(H,18,19,21). The zero-order valence-electron chi connectivity index (χ0n) is 14.5. The van der Waals surface area contributed by atoms with Gasteiger partial charge in [-0.1, -0.05) is 43.0 Å². The molecule has 0 unspecified atom stereocenters. The lowest BCUT2D eigenvalue weighted by atomic mass is 9.98. The summed E-state index contributed by atoms with van der Waals surface area (Å²) in [6, 6.07) is 6.16. The molecule has 0 aliphatic carbocycles. The van der Waals surface area contributed by atoms with Gasteiger partial charge in [-0.15, -0.1) is 10.2 Å². The van der Waals surface area contributed by atoms with Crippen LogP contribution in [0.2, 0.25) is 0 Å². The molecule has 7 heteroatoms. The van der Waals surface area contributed by atoms with Gasteiger partial charge in [0.2, 0.25) is 11.0 Å². The van der Waals surface area contributed by atoms with Gasteiger partial charge in [0, 0.05) is 6.42 Å². The van der Waals surface area contributed by atoms with Crippen molar-refractivity contribution in [1.82, 2.24) is 10.2 Å². The van der Waals surface area contributed by atoms with Gasteiger partial charge in [-0.3, -0.25) is 4.79 Å². The van der Waals surface area contributed by atoms with Gasteiger partial charge < -0.3 is 10.1 Å². The van der Waals surface area contributed by atoms with Crippen molar-refractivity contribution in [2.45, 2.75) is 43.9 Å². The van der Waals surface area contributed by atoms with Crippen molar-refractivity contribution < 1.29 is 9.53 Å². The largest absolute Gasteiger partial charge is 0.494 e. The molecule has 1 aromatic heterocycles. The molecule has 1 aromatic carbocycles. The summed E-state index contributed by atoms with van der Waals surface area (Å²) in [4.78, 5) is 11.9. The van der Waals surface area contributed by atoms with Crippen molar-refractivity contribution in [3.05, 3.63) is 29.3 Å². The van der Waals surface area contributed by atoms with Crippen molar-refractivity contribution in [2.75, 3.05) is 18.2 Å². The van der Waals surface area contributed by atoms with Gasteiger partial charge >= 0.3 is 0 Å². The number of nitrogens with zero attached hydrogens (tertiary/aromatic N) is 2. The molecule has 0 atom stereocenters. The van der Waals surface area contributed by atoms with E-state index in [1.807, 2.05) is 12.3 Å². The van der Waals surface area contributed by atoms with Crippen molar-refractivity contribution in [3.8, 4) is 5.75 Å². The number of benzene rings is 1. The fourth-order valence-corrected chi connectivity index (χ4v) is 3.52. The molecule has 130 valence electrons. The normalized spacial score (nSPS) is 10.9. The lowest BCUT2D eigenvalue weighted by Crippen LogP contribution is -2.12. The minimum atomic E-state index is -0.0614. The number of rotatable bonds is 8. The molecular weight excluding hydrogens is 342 g/mol.